The summed E-state index contributed by atoms with van der Waals surface area (Å²) >= 11 is 0. The van der Waals surface area contributed by atoms with Crippen LogP contribution in [0.25, 0.3) is 10.9 Å². The van der Waals surface area contributed by atoms with Crippen LogP contribution in [0.4, 0.5) is 21.7 Å². The van der Waals surface area contributed by atoms with Gasteiger partial charge in [0.15, 0.2) is 5.82 Å². The molecule has 0 aliphatic rings. The number of benzene rings is 2. The molecule has 0 aliphatic carbocycles. The van der Waals surface area contributed by atoms with E-state index in [0.717, 1.165) is 42.7 Å². The first-order valence-corrected chi connectivity index (χ1v) is 12.2. The molecule has 11 heteroatoms. The van der Waals surface area contributed by atoms with Gasteiger partial charge < -0.3 is 25.4 Å². The molecule has 194 valence electrons. The number of rotatable bonds is 13. The van der Waals surface area contributed by atoms with Gasteiger partial charge >= 0.3 is 0 Å². The Morgan fingerprint density at radius 1 is 1.16 bits per heavy atom. The lowest BCUT2D eigenvalue weighted by molar-refractivity contribution is -0.898. The van der Waals surface area contributed by atoms with Crippen LogP contribution in [0.2, 0.25) is 0 Å². The molecule has 0 radical (unpaired) electrons. The molecule has 2 aromatic heterocycles. The molecule has 0 spiro atoms. The van der Waals surface area contributed by atoms with E-state index < -0.39 is 5.82 Å². The largest absolute Gasteiger partial charge is 0.493 e. The second kappa shape index (κ2) is 12.7. The number of aromatic amines is 1. The Balaban J connectivity index is 1.34. The number of hydrogen-bond donors (Lipinski definition) is 5. The van der Waals surface area contributed by atoms with E-state index in [2.05, 4.69) is 37.7 Å². The van der Waals surface area contributed by atoms with Crippen molar-refractivity contribution in [3.8, 4) is 5.75 Å². The van der Waals surface area contributed by atoms with Gasteiger partial charge in [-0.25, -0.2) is 14.4 Å². The van der Waals surface area contributed by atoms with Crippen molar-refractivity contribution in [2.45, 2.75) is 19.8 Å². The van der Waals surface area contributed by atoms with Gasteiger partial charge in [-0.05, 0) is 37.3 Å². The van der Waals surface area contributed by atoms with Crippen molar-refractivity contribution in [3.63, 3.8) is 0 Å². The second-order valence-electron chi connectivity index (χ2n) is 8.57. The van der Waals surface area contributed by atoms with E-state index in [1.165, 1.54) is 29.4 Å². The van der Waals surface area contributed by atoms with Crippen molar-refractivity contribution < 1.29 is 23.9 Å². The minimum absolute atomic E-state index is 0.0495. The molecule has 2 heterocycles. The Bertz CT molecular complexity index is 1330. The number of likely N-dealkylation sites (N-methyl/N-ethyl adjacent to an activating group) is 1. The van der Waals surface area contributed by atoms with E-state index in [1.807, 2.05) is 18.2 Å². The number of carbonyl (C=O) groups is 1. The van der Waals surface area contributed by atoms with Crippen LogP contribution in [-0.4, -0.2) is 64.0 Å². The van der Waals surface area contributed by atoms with E-state index in [0.29, 0.717) is 29.6 Å². The number of fused-ring (bicyclic) bond motifs is 1. The Morgan fingerprint density at radius 3 is 2.86 bits per heavy atom. The van der Waals surface area contributed by atoms with Crippen molar-refractivity contribution in [3.05, 3.63) is 66.4 Å². The summed E-state index contributed by atoms with van der Waals surface area (Å²) in [4.78, 5) is 22.3. The Labute approximate surface area is 213 Å². The molecule has 10 nitrogen and oxygen atoms in total. The summed E-state index contributed by atoms with van der Waals surface area (Å²) in [6.45, 7) is 5.55. The molecule has 0 fully saturated rings. The van der Waals surface area contributed by atoms with Crippen LogP contribution in [0.5, 0.6) is 5.75 Å². The lowest BCUT2D eigenvalue weighted by atomic mass is 10.2. The maximum Gasteiger partial charge on any atom is 0.230 e. The molecule has 0 saturated heterocycles. The third-order valence-corrected chi connectivity index (χ3v) is 5.85. The maximum absolute atomic E-state index is 13.3. The van der Waals surface area contributed by atoms with Gasteiger partial charge in [0, 0.05) is 35.3 Å². The number of aromatic nitrogens is 4. The first kappa shape index (κ1) is 26.0. The third kappa shape index (κ3) is 7.45. The highest BCUT2D eigenvalue weighted by molar-refractivity contribution is 5.93. The summed E-state index contributed by atoms with van der Waals surface area (Å²) in [7, 11) is 0. The van der Waals surface area contributed by atoms with E-state index in [4.69, 9.17) is 9.84 Å². The number of quaternary nitrogens is 1. The number of carbonyl (C=O) groups excluding carboxylic acids is 1. The fourth-order valence-electron chi connectivity index (χ4n) is 3.96. The summed E-state index contributed by atoms with van der Waals surface area (Å²) in [5.41, 5.74) is 1.71. The summed E-state index contributed by atoms with van der Waals surface area (Å²) in [6.07, 6.45) is 2.40. The first-order valence-electron chi connectivity index (χ1n) is 12.2. The minimum Gasteiger partial charge on any atom is -0.493 e. The molecule has 2 aromatic carbocycles. The summed E-state index contributed by atoms with van der Waals surface area (Å²) in [5.74, 6) is 1.09. The highest BCUT2D eigenvalue weighted by Gasteiger charge is 2.11. The number of halogens is 1. The quantitative estimate of drug-likeness (QED) is 0.175. The van der Waals surface area contributed by atoms with Crippen LogP contribution in [0.1, 0.15) is 19.0 Å². The van der Waals surface area contributed by atoms with Crippen molar-refractivity contribution in [1.29, 1.82) is 0 Å². The van der Waals surface area contributed by atoms with Crippen molar-refractivity contribution in [2.24, 2.45) is 0 Å². The number of amides is 1. The Hall–Kier alpha value is -4.09. The van der Waals surface area contributed by atoms with Crippen LogP contribution in [0.3, 0.4) is 0 Å². The zero-order valence-electron chi connectivity index (χ0n) is 20.6. The van der Waals surface area contributed by atoms with Crippen molar-refractivity contribution in [2.75, 3.05) is 43.5 Å². The van der Waals surface area contributed by atoms with E-state index in [-0.39, 0.29) is 18.9 Å². The zero-order chi connectivity index (χ0) is 26.0. The molecular formula is C26H31FN7O3+. The van der Waals surface area contributed by atoms with Crippen molar-refractivity contribution >= 4 is 34.1 Å². The van der Waals surface area contributed by atoms with Gasteiger partial charge in [-0.2, -0.15) is 5.10 Å². The first-order chi connectivity index (χ1) is 18.0. The predicted molar refractivity (Wildman–Crippen MR) is 139 cm³/mol. The number of nitrogens with zero attached hydrogens (tertiary/aromatic N) is 3. The lowest BCUT2D eigenvalue weighted by Crippen LogP contribution is -3.12. The molecule has 4 rings (SSSR count). The fourth-order valence-corrected chi connectivity index (χ4v) is 3.96. The van der Waals surface area contributed by atoms with Gasteiger partial charge in [0.25, 0.3) is 0 Å². The zero-order valence-corrected chi connectivity index (χ0v) is 20.6. The molecule has 1 atom stereocenters. The highest BCUT2D eigenvalue weighted by atomic mass is 19.1. The standard InChI is InChI=1S/C26H30FN7O3/c1-2-34(10-11-35)9-4-12-37-21-7-8-22-23(16-21)28-17-29-26(22)31-24-14-20(32-33-24)15-25(36)30-19-6-3-5-18(27)13-19/h3,5-8,13-14,16-17,35H,2,4,9-12,15H2,1H3,(H,30,36)(H2,28,29,31,32,33)/p+1. The third-order valence-electron chi connectivity index (χ3n) is 5.85. The average molecular weight is 509 g/mol. The van der Waals surface area contributed by atoms with Crippen LogP contribution in [0, 0.1) is 5.82 Å². The summed E-state index contributed by atoms with van der Waals surface area (Å²) < 4.78 is 19.2. The van der Waals surface area contributed by atoms with Crippen LogP contribution < -0.4 is 20.3 Å². The van der Waals surface area contributed by atoms with Crippen LogP contribution in [-0.2, 0) is 11.2 Å². The number of aliphatic hydroxyl groups is 1. The number of aliphatic hydroxyl groups excluding tert-OH is 1. The molecule has 1 amide bonds. The molecule has 37 heavy (non-hydrogen) atoms. The highest BCUT2D eigenvalue weighted by Crippen LogP contribution is 2.26. The molecule has 5 N–H and O–H groups in total. The van der Waals surface area contributed by atoms with Crippen LogP contribution in [0.15, 0.2) is 54.9 Å². The van der Waals surface area contributed by atoms with Gasteiger partial charge in [-0.1, -0.05) is 6.07 Å². The smallest absolute Gasteiger partial charge is 0.230 e. The summed E-state index contributed by atoms with van der Waals surface area (Å²) in [5, 5.41) is 22.8. The molecule has 4 aromatic rings. The van der Waals surface area contributed by atoms with E-state index in [9.17, 15) is 9.18 Å². The fraction of sp³-hybridized carbons (Fsp3) is 0.308. The molecule has 0 aliphatic heterocycles. The molecule has 0 saturated carbocycles. The molecule has 0 bridgehead atoms. The number of ether oxygens (including phenoxy) is 1. The Kier molecular flexibility index (Phi) is 8.95. The van der Waals surface area contributed by atoms with Gasteiger partial charge in [0.2, 0.25) is 5.91 Å². The lowest BCUT2D eigenvalue weighted by Gasteiger charge is -2.16. The van der Waals surface area contributed by atoms with Gasteiger partial charge in [0.1, 0.15) is 30.3 Å². The van der Waals surface area contributed by atoms with Gasteiger partial charge in [-0.3, -0.25) is 9.89 Å². The maximum atomic E-state index is 13.3. The SMILES string of the molecule is CC[NH+](CCO)CCCOc1ccc2c(Nc3cc(CC(=O)Nc4cccc(F)c4)[nH]n3)ncnc2c1. The monoisotopic (exact) mass is 508 g/mol. The number of nitrogens with one attached hydrogen (secondary N) is 4. The average Bonchev–Trinajstić information content (AvgIpc) is 3.32. The second-order valence-corrected chi connectivity index (χ2v) is 8.57. The minimum atomic E-state index is -0.417. The molecular weight excluding hydrogens is 477 g/mol. The normalized spacial score (nSPS) is 11.9. The molecule has 1 unspecified atom stereocenters. The summed E-state index contributed by atoms with van der Waals surface area (Å²) in [6, 6.07) is 13.1. The van der Waals surface area contributed by atoms with E-state index >= 15 is 0 Å². The number of hydrogen-bond acceptors (Lipinski definition) is 7. The predicted octanol–water partition coefficient (Wildman–Crippen LogP) is 2.08. The van der Waals surface area contributed by atoms with Crippen LogP contribution >= 0.6 is 0 Å². The van der Waals surface area contributed by atoms with Gasteiger partial charge in [-0.15, -0.1) is 0 Å². The number of H-pyrrole nitrogens is 1. The van der Waals surface area contributed by atoms with Crippen molar-refractivity contribution in [1.82, 2.24) is 20.2 Å². The topological polar surface area (TPSA) is 129 Å². The van der Waals surface area contributed by atoms with E-state index in [1.54, 1.807) is 12.1 Å². The number of anilines is 3. The Morgan fingerprint density at radius 2 is 2.05 bits per heavy atom. The van der Waals surface area contributed by atoms with Gasteiger partial charge in [0.05, 0.1) is 38.2 Å².